The molecular formula is C13H16N2O2. The second-order valence-corrected chi connectivity index (χ2v) is 3.89. The van der Waals surface area contributed by atoms with Crippen LogP contribution in [0.5, 0.6) is 0 Å². The van der Waals surface area contributed by atoms with Crippen LogP contribution in [0.3, 0.4) is 0 Å². The number of benzene rings is 1. The van der Waals surface area contributed by atoms with Gasteiger partial charge in [-0.2, -0.15) is 5.26 Å². The summed E-state index contributed by atoms with van der Waals surface area (Å²) in [5.41, 5.74) is 1.55. The van der Waals surface area contributed by atoms with Gasteiger partial charge in [0.05, 0.1) is 18.1 Å². The van der Waals surface area contributed by atoms with Crippen molar-refractivity contribution < 1.29 is 9.90 Å². The maximum Gasteiger partial charge on any atom is 0.305 e. The minimum atomic E-state index is -0.801. The normalized spacial score (nSPS) is 11.6. The van der Waals surface area contributed by atoms with Gasteiger partial charge in [-0.1, -0.05) is 0 Å². The lowest BCUT2D eigenvalue weighted by Gasteiger charge is -2.29. The van der Waals surface area contributed by atoms with Gasteiger partial charge in [0.15, 0.2) is 0 Å². The molecule has 0 bridgehead atoms. The van der Waals surface area contributed by atoms with E-state index in [4.69, 9.17) is 10.4 Å². The fourth-order valence-electron chi connectivity index (χ4n) is 1.84. The molecule has 4 heteroatoms. The Labute approximate surface area is 101 Å². The standard InChI is InChI=1S/C13H16N2O2/c1-3-15(10(2)8-13(16)17)12-6-4-11(9-14)5-7-12/h4-7,10H,3,8H2,1-2H3,(H,16,17). The first kappa shape index (κ1) is 13.0. The van der Waals surface area contributed by atoms with Gasteiger partial charge in [0.1, 0.15) is 0 Å². The largest absolute Gasteiger partial charge is 0.481 e. The van der Waals surface area contributed by atoms with Crippen LogP contribution in [0.15, 0.2) is 24.3 Å². The monoisotopic (exact) mass is 232 g/mol. The second-order valence-electron chi connectivity index (χ2n) is 3.89. The summed E-state index contributed by atoms with van der Waals surface area (Å²) in [5, 5.41) is 17.5. The lowest BCUT2D eigenvalue weighted by Crippen LogP contribution is -2.34. The maximum atomic E-state index is 10.7. The summed E-state index contributed by atoms with van der Waals surface area (Å²) in [7, 11) is 0. The van der Waals surface area contributed by atoms with Gasteiger partial charge in [0.25, 0.3) is 0 Å². The first-order valence-electron chi connectivity index (χ1n) is 5.57. The highest BCUT2D eigenvalue weighted by atomic mass is 16.4. The number of nitrogens with zero attached hydrogens (tertiary/aromatic N) is 2. The van der Waals surface area contributed by atoms with E-state index in [1.54, 1.807) is 12.1 Å². The van der Waals surface area contributed by atoms with Crippen LogP contribution in [0.25, 0.3) is 0 Å². The van der Waals surface area contributed by atoms with E-state index in [0.29, 0.717) is 5.56 Å². The van der Waals surface area contributed by atoms with Crippen LogP contribution in [-0.2, 0) is 4.79 Å². The van der Waals surface area contributed by atoms with Gasteiger partial charge in [-0.3, -0.25) is 4.79 Å². The van der Waals surface area contributed by atoms with Crippen molar-refractivity contribution in [3.05, 3.63) is 29.8 Å². The third kappa shape index (κ3) is 3.49. The first-order chi connectivity index (χ1) is 8.08. The van der Waals surface area contributed by atoms with Crippen LogP contribution >= 0.6 is 0 Å². The number of carboxylic acids is 1. The molecule has 0 saturated heterocycles. The number of hydrogen-bond donors (Lipinski definition) is 1. The Kier molecular flexibility index (Phi) is 4.53. The highest BCUT2D eigenvalue weighted by molar-refractivity contribution is 5.68. The quantitative estimate of drug-likeness (QED) is 0.845. The number of nitriles is 1. The highest BCUT2D eigenvalue weighted by Crippen LogP contribution is 2.18. The van der Waals surface area contributed by atoms with Crippen LogP contribution in [0.2, 0.25) is 0 Å². The van der Waals surface area contributed by atoms with E-state index in [-0.39, 0.29) is 12.5 Å². The molecule has 0 aliphatic rings. The van der Waals surface area contributed by atoms with Gasteiger partial charge in [-0.15, -0.1) is 0 Å². The Balaban J connectivity index is 2.85. The smallest absolute Gasteiger partial charge is 0.305 e. The minimum Gasteiger partial charge on any atom is -0.481 e. The summed E-state index contributed by atoms with van der Waals surface area (Å²) in [4.78, 5) is 12.7. The Morgan fingerprint density at radius 2 is 2.06 bits per heavy atom. The van der Waals surface area contributed by atoms with Crippen LogP contribution in [0.1, 0.15) is 25.8 Å². The van der Waals surface area contributed by atoms with Crippen LogP contribution in [0.4, 0.5) is 5.69 Å². The fraction of sp³-hybridized carbons (Fsp3) is 0.385. The number of hydrogen-bond acceptors (Lipinski definition) is 3. The van der Waals surface area contributed by atoms with E-state index in [2.05, 4.69) is 6.07 Å². The van der Waals surface area contributed by atoms with Crippen molar-refractivity contribution in [2.75, 3.05) is 11.4 Å². The summed E-state index contributed by atoms with van der Waals surface area (Å²) < 4.78 is 0. The van der Waals surface area contributed by atoms with E-state index in [1.165, 1.54) is 0 Å². The molecule has 0 radical (unpaired) electrons. The van der Waals surface area contributed by atoms with E-state index >= 15 is 0 Å². The van der Waals surface area contributed by atoms with Gasteiger partial charge in [0.2, 0.25) is 0 Å². The van der Waals surface area contributed by atoms with Crippen molar-refractivity contribution in [1.82, 2.24) is 0 Å². The predicted molar refractivity (Wildman–Crippen MR) is 65.9 cm³/mol. The van der Waals surface area contributed by atoms with Crippen molar-refractivity contribution >= 4 is 11.7 Å². The summed E-state index contributed by atoms with van der Waals surface area (Å²) in [6, 6.07) is 9.17. The van der Waals surface area contributed by atoms with Crippen LogP contribution in [0, 0.1) is 11.3 Å². The van der Waals surface area contributed by atoms with Crippen molar-refractivity contribution in [3.8, 4) is 6.07 Å². The van der Waals surface area contributed by atoms with Gasteiger partial charge in [0, 0.05) is 18.3 Å². The molecule has 1 rings (SSSR count). The average Bonchev–Trinajstić information content (AvgIpc) is 2.30. The summed E-state index contributed by atoms with van der Waals surface area (Å²) >= 11 is 0. The van der Waals surface area contributed by atoms with Gasteiger partial charge in [-0.05, 0) is 38.1 Å². The van der Waals surface area contributed by atoms with Crippen molar-refractivity contribution in [2.24, 2.45) is 0 Å². The number of anilines is 1. The first-order valence-corrected chi connectivity index (χ1v) is 5.57. The number of aliphatic carboxylic acids is 1. The molecule has 0 saturated carbocycles. The molecule has 1 N–H and O–H groups in total. The molecule has 1 aromatic carbocycles. The molecule has 1 unspecified atom stereocenters. The third-order valence-electron chi connectivity index (χ3n) is 2.67. The Morgan fingerprint density at radius 3 is 2.47 bits per heavy atom. The molecule has 4 nitrogen and oxygen atoms in total. The Morgan fingerprint density at radius 1 is 1.47 bits per heavy atom. The highest BCUT2D eigenvalue weighted by Gasteiger charge is 2.15. The number of carbonyl (C=O) groups is 1. The number of rotatable bonds is 5. The van der Waals surface area contributed by atoms with Gasteiger partial charge >= 0.3 is 5.97 Å². The molecule has 0 fully saturated rings. The minimum absolute atomic E-state index is 0.0644. The zero-order valence-electron chi connectivity index (χ0n) is 10.1. The second kappa shape index (κ2) is 5.90. The number of carboxylic acid groups (broad SMARTS) is 1. The van der Waals surface area contributed by atoms with Crippen molar-refractivity contribution in [2.45, 2.75) is 26.3 Å². The van der Waals surface area contributed by atoms with Gasteiger partial charge in [-0.25, -0.2) is 0 Å². The van der Waals surface area contributed by atoms with Crippen molar-refractivity contribution in [3.63, 3.8) is 0 Å². The Bertz CT molecular complexity index is 420. The molecule has 1 atom stereocenters. The van der Waals surface area contributed by atoms with Crippen molar-refractivity contribution in [1.29, 1.82) is 5.26 Å². The summed E-state index contributed by atoms with van der Waals surface area (Å²) in [5.74, 6) is -0.801. The zero-order valence-corrected chi connectivity index (χ0v) is 10.1. The van der Waals surface area contributed by atoms with E-state index in [1.807, 2.05) is 30.9 Å². The Hall–Kier alpha value is -2.02. The van der Waals surface area contributed by atoms with Gasteiger partial charge < -0.3 is 10.0 Å². The van der Waals surface area contributed by atoms with E-state index < -0.39 is 5.97 Å². The topological polar surface area (TPSA) is 64.3 Å². The predicted octanol–water partition coefficient (Wildman–Crippen LogP) is 2.25. The lowest BCUT2D eigenvalue weighted by molar-refractivity contribution is -0.137. The molecular weight excluding hydrogens is 216 g/mol. The van der Waals surface area contributed by atoms with Crippen LogP contribution in [-0.4, -0.2) is 23.7 Å². The average molecular weight is 232 g/mol. The molecule has 0 spiro atoms. The molecule has 1 aromatic rings. The molecule has 0 amide bonds. The van der Waals surface area contributed by atoms with E-state index in [0.717, 1.165) is 12.2 Å². The maximum absolute atomic E-state index is 10.7. The fourth-order valence-corrected chi connectivity index (χ4v) is 1.84. The molecule has 90 valence electrons. The molecule has 0 aromatic heterocycles. The van der Waals surface area contributed by atoms with E-state index in [9.17, 15) is 4.79 Å². The molecule has 17 heavy (non-hydrogen) atoms. The SMILES string of the molecule is CCN(c1ccc(C#N)cc1)C(C)CC(=O)O. The molecule has 0 aliphatic heterocycles. The van der Waals surface area contributed by atoms with Crippen LogP contribution < -0.4 is 4.90 Å². The summed E-state index contributed by atoms with van der Waals surface area (Å²) in [6.07, 6.45) is 0.105. The zero-order chi connectivity index (χ0) is 12.8. The lowest BCUT2D eigenvalue weighted by atomic mass is 10.1. The summed E-state index contributed by atoms with van der Waals surface area (Å²) in [6.45, 7) is 4.60. The molecule has 0 heterocycles. The third-order valence-corrected chi connectivity index (χ3v) is 2.67. The molecule has 0 aliphatic carbocycles.